The molecule has 0 saturated carbocycles. The van der Waals surface area contributed by atoms with Gasteiger partial charge in [-0.15, -0.1) is 0 Å². The number of Topliss-reactive ketones (excluding diaryl/α,β-unsaturated/α-hetero) is 1. The van der Waals surface area contributed by atoms with E-state index in [2.05, 4.69) is 27.8 Å². The highest BCUT2D eigenvalue weighted by atomic mass is 79.9. The predicted molar refractivity (Wildman–Crippen MR) is 82.5 cm³/mol. The Labute approximate surface area is 124 Å². The molecule has 0 spiro atoms. The second-order valence-corrected chi connectivity index (χ2v) is 6.32. The van der Waals surface area contributed by atoms with Crippen LogP contribution in [-0.2, 0) is 0 Å². The minimum Gasteiger partial charge on any atom is -0.303 e. The zero-order chi connectivity index (χ0) is 13.7. The van der Waals surface area contributed by atoms with Gasteiger partial charge in [0.05, 0.1) is 0 Å². The topological polar surface area (TPSA) is 20.3 Å². The molecule has 104 valence electrons. The first kappa shape index (κ1) is 14.7. The van der Waals surface area contributed by atoms with Gasteiger partial charge in [-0.3, -0.25) is 4.79 Å². The molecule has 0 aliphatic carbocycles. The van der Waals surface area contributed by atoms with Gasteiger partial charge in [-0.05, 0) is 37.4 Å². The number of nitrogens with zero attached hydrogens (tertiary/aromatic N) is 1. The molecule has 0 aromatic heterocycles. The van der Waals surface area contributed by atoms with Crippen molar-refractivity contribution in [2.45, 2.75) is 32.6 Å². The first-order valence-corrected chi connectivity index (χ1v) is 7.99. The van der Waals surface area contributed by atoms with Crippen molar-refractivity contribution in [1.82, 2.24) is 4.90 Å². The number of hydrogen-bond acceptors (Lipinski definition) is 2. The maximum Gasteiger partial charge on any atom is 0.164 e. The van der Waals surface area contributed by atoms with E-state index in [0.29, 0.717) is 6.42 Å². The maximum absolute atomic E-state index is 12.1. The van der Waals surface area contributed by atoms with Crippen molar-refractivity contribution in [2.24, 2.45) is 5.92 Å². The van der Waals surface area contributed by atoms with Gasteiger partial charge >= 0.3 is 0 Å². The van der Waals surface area contributed by atoms with Gasteiger partial charge in [-0.1, -0.05) is 41.4 Å². The summed E-state index contributed by atoms with van der Waals surface area (Å²) in [6, 6.07) is 7.68. The second kappa shape index (κ2) is 7.20. The molecule has 1 aliphatic heterocycles. The molecule has 1 aromatic carbocycles. The molecule has 1 heterocycles. The molecule has 0 bridgehead atoms. The van der Waals surface area contributed by atoms with E-state index < -0.39 is 0 Å². The Morgan fingerprint density at radius 2 is 2.32 bits per heavy atom. The lowest BCUT2D eigenvalue weighted by molar-refractivity contribution is 0.0945. The lowest BCUT2D eigenvalue weighted by atomic mass is 9.95. The predicted octanol–water partition coefficient (Wildman–Crippen LogP) is 4.14. The van der Waals surface area contributed by atoms with E-state index >= 15 is 0 Å². The third-order valence-electron chi connectivity index (χ3n) is 3.98. The fourth-order valence-electron chi connectivity index (χ4n) is 2.75. The van der Waals surface area contributed by atoms with E-state index in [1.54, 1.807) is 0 Å². The van der Waals surface area contributed by atoms with Crippen LogP contribution in [0.2, 0.25) is 0 Å². The molecule has 0 N–H and O–H groups in total. The fourth-order valence-corrected chi connectivity index (χ4v) is 3.15. The molecule has 1 aromatic rings. The molecule has 19 heavy (non-hydrogen) atoms. The molecule has 2 rings (SSSR count). The Hall–Kier alpha value is -0.670. The summed E-state index contributed by atoms with van der Waals surface area (Å²) >= 11 is 3.41. The van der Waals surface area contributed by atoms with Gasteiger partial charge in [-0.2, -0.15) is 0 Å². The van der Waals surface area contributed by atoms with Crippen molar-refractivity contribution in [3.63, 3.8) is 0 Å². The van der Waals surface area contributed by atoms with E-state index in [9.17, 15) is 4.79 Å². The summed E-state index contributed by atoms with van der Waals surface area (Å²) in [6.45, 7) is 5.49. The lowest BCUT2D eigenvalue weighted by Crippen LogP contribution is -2.36. The third-order valence-corrected chi connectivity index (χ3v) is 4.48. The minimum absolute atomic E-state index is 0.250. The number of halogens is 1. The van der Waals surface area contributed by atoms with Crippen molar-refractivity contribution in [1.29, 1.82) is 0 Å². The third kappa shape index (κ3) is 4.43. The highest BCUT2D eigenvalue weighted by molar-refractivity contribution is 9.10. The summed E-state index contributed by atoms with van der Waals surface area (Å²) in [5, 5.41) is 0. The van der Waals surface area contributed by atoms with Crippen molar-refractivity contribution in [3.05, 3.63) is 34.3 Å². The van der Waals surface area contributed by atoms with Crippen LogP contribution < -0.4 is 0 Å². The van der Waals surface area contributed by atoms with E-state index in [4.69, 9.17) is 0 Å². The van der Waals surface area contributed by atoms with Crippen molar-refractivity contribution in [3.8, 4) is 0 Å². The van der Waals surface area contributed by atoms with Crippen LogP contribution >= 0.6 is 15.9 Å². The Morgan fingerprint density at radius 3 is 3.05 bits per heavy atom. The average Bonchev–Trinajstić information content (AvgIpc) is 2.45. The Balaban J connectivity index is 1.83. The second-order valence-electron chi connectivity index (χ2n) is 5.40. The number of rotatable bonds is 5. The molecule has 1 atom stereocenters. The summed E-state index contributed by atoms with van der Waals surface area (Å²) < 4.78 is 0.974. The van der Waals surface area contributed by atoms with Gasteiger partial charge in [0.25, 0.3) is 0 Å². The number of ketones is 1. The standard InChI is InChI=1S/C16H22BrNO/c1-2-13-5-4-9-18(12-13)10-8-16(19)14-6-3-7-15(17)11-14/h3,6-7,11,13H,2,4-5,8-10,12H2,1H3. The average molecular weight is 324 g/mol. The zero-order valence-electron chi connectivity index (χ0n) is 11.6. The lowest BCUT2D eigenvalue weighted by Gasteiger charge is -2.32. The molecule has 1 aliphatic rings. The monoisotopic (exact) mass is 323 g/mol. The Bertz CT molecular complexity index is 433. The molecule has 2 nitrogen and oxygen atoms in total. The van der Waals surface area contributed by atoms with E-state index in [1.165, 1.54) is 25.8 Å². The Kier molecular flexibility index (Phi) is 5.59. The minimum atomic E-state index is 0.250. The van der Waals surface area contributed by atoms with Crippen molar-refractivity contribution in [2.75, 3.05) is 19.6 Å². The summed E-state index contributed by atoms with van der Waals surface area (Å²) in [5.41, 5.74) is 0.818. The highest BCUT2D eigenvalue weighted by Crippen LogP contribution is 2.19. The zero-order valence-corrected chi connectivity index (χ0v) is 13.2. The number of piperidine rings is 1. The molecule has 0 amide bonds. The molecule has 3 heteroatoms. The number of carbonyl (C=O) groups is 1. The van der Waals surface area contributed by atoms with Crippen LogP contribution in [0.5, 0.6) is 0 Å². The molecule has 0 radical (unpaired) electrons. The van der Waals surface area contributed by atoms with Gasteiger partial charge in [0.2, 0.25) is 0 Å². The van der Waals surface area contributed by atoms with Gasteiger partial charge < -0.3 is 4.90 Å². The number of likely N-dealkylation sites (tertiary alicyclic amines) is 1. The smallest absolute Gasteiger partial charge is 0.164 e. The van der Waals surface area contributed by atoms with Gasteiger partial charge in [0.1, 0.15) is 0 Å². The van der Waals surface area contributed by atoms with Crippen LogP contribution in [0.3, 0.4) is 0 Å². The number of carbonyl (C=O) groups excluding carboxylic acids is 1. The van der Waals surface area contributed by atoms with E-state index in [0.717, 1.165) is 29.0 Å². The van der Waals surface area contributed by atoms with Gasteiger partial charge in [-0.25, -0.2) is 0 Å². The number of hydrogen-bond donors (Lipinski definition) is 0. The fraction of sp³-hybridized carbons (Fsp3) is 0.562. The quantitative estimate of drug-likeness (QED) is 0.759. The van der Waals surface area contributed by atoms with Crippen LogP contribution in [0.15, 0.2) is 28.7 Å². The molecule has 1 unspecified atom stereocenters. The van der Waals surface area contributed by atoms with Crippen LogP contribution in [0, 0.1) is 5.92 Å². The maximum atomic E-state index is 12.1. The first-order valence-electron chi connectivity index (χ1n) is 7.20. The highest BCUT2D eigenvalue weighted by Gasteiger charge is 2.19. The van der Waals surface area contributed by atoms with E-state index in [1.807, 2.05) is 24.3 Å². The number of benzene rings is 1. The van der Waals surface area contributed by atoms with Crippen LogP contribution in [0.4, 0.5) is 0 Å². The summed E-state index contributed by atoms with van der Waals surface area (Å²) in [7, 11) is 0. The van der Waals surface area contributed by atoms with Crippen LogP contribution in [0.1, 0.15) is 43.0 Å². The van der Waals surface area contributed by atoms with Crippen LogP contribution in [0.25, 0.3) is 0 Å². The van der Waals surface area contributed by atoms with E-state index in [-0.39, 0.29) is 5.78 Å². The molecule has 1 fully saturated rings. The largest absolute Gasteiger partial charge is 0.303 e. The molecular formula is C16H22BrNO. The van der Waals surface area contributed by atoms with Crippen molar-refractivity contribution >= 4 is 21.7 Å². The Morgan fingerprint density at radius 1 is 1.47 bits per heavy atom. The summed E-state index contributed by atoms with van der Waals surface area (Å²) in [4.78, 5) is 14.6. The van der Waals surface area contributed by atoms with Crippen LogP contribution in [-0.4, -0.2) is 30.3 Å². The van der Waals surface area contributed by atoms with Gasteiger partial charge in [0.15, 0.2) is 5.78 Å². The van der Waals surface area contributed by atoms with Gasteiger partial charge in [0, 0.05) is 29.5 Å². The summed E-state index contributed by atoms with van der Waals surface area (Å²) in [6.07, 6.45) is 4.53. The molecular weight excluding hydrogens is 302 g/mol. The summed E-state index contributed by atoms with van der Waals surface area (Å²) in [5.74, 6) is 1.08. The molecule has 1 saturated heterocycles. The first-order chi connectivity index (χ1) is 9.19. The normalized spacial score (nSPS) is 20.4. The van der Waals surface area contributed by atoms with Crippen molar-refractivity contribution < 1.29 is 4.79 Å². The SMILES string of the molecule is CCC1CCCN(CCC(=O)c2cccc(Br)c2)C1.